The Morgan fingerprint density at radius 3 is 2.26 bits per heavy atom. The fraction of sp³-hybridized carbons (Fsp3) is 0.333. The van der Waals surface area contributed by atoms with E-state index < -0.39 is 0 Å². The zero-order valence-electron chi connectivity index (χ0n) is 15.7. The molecule has 0 bridgehead atoms. The quantitative estimate of drug-likeness (QED) is 0.762. The van der Waals surface area contributed by atoms with Crippen molar-refractivity contribution in [2.45, 2.75) is 19.3 Å². The molecule has 0 N–H and O–H groups in total. The van der Waals surface area contributed by atoms with E-state index in [9.17, 15) is 9.59 Å². The molecular formula is C21H24N2O4. The molecule has 0 unspecified atom stereocenters. The summed E-state index contributed by atoms with van der Waals surface area (Å²) in [6.07, 6.45) is 6.42. The van der Waals surface area contributed by atoms with Gasteiger partial charge in [0.15, 0.2) is 0 Å². The number of nitrogens with zero attached hydrogens (tertiary/aromatic N) is 2. The average molecular weight is 368 g/mol. The second-order valence-corrected chi connectivity index (χ2v) is 6.44. The number of hydrogen-bond donors (Lipinski definition) is 0. The third-order valence-electron chi connectivity index (χ3n) is 4.62. The zero-order valence-corrected chi connectivity index (χ0v) is 15.7. The molecule has 3 rings (SSSR count). The molecule has 6 nitrogen and oxygen atoms in total. The Labute approximate surface area is 158 Å². The van der Waals surface area contributed by atoms with E-state index in [-0.39, 0.29) is 11.5 Å². The Morgan fingerprint density at radius 1 is 1.00 bits per heavy atom. The summed E-state index contributed by atoms with van der Waals surface area (Å²) in [7, 11) is 3.15. The van der Waals surface area contributed by atoms with Crippen molar-refractivity contribution < 1.29 is 14.3 Å². The Morgan fingerprint density at radius 2 is 1.67 bits per heavy atom. The van der Waals surface area contributed by atoms with Crippen LogP contribution in [0.25, 0.3) is 11.8 Å². The molecule has 1 saturated heterocycles. The summed E-state index contributed by atoms with van der Waals surface area (Å²) in [5.74, 6) is 1.08. The van der Waals surface area contributed by atoms with E-state index in [1.54, 1.807) is 56.8 Å². The maximum Gasteiger partial charge on any atom is 0.270 e. The van der Waals surface area contributed by atoms with Gasteiger partial charge in [-0.05, 0) is 49.1 Å². The van der Waals surface area contributed by atoms with Crippen LogP contribution in [0.4, 0.5) is 0 Å². The van der Waals surface area contributed by atoms with Crippen LogP contribution in [0.2, 0.25) is 0 Å². The van der Waals surface area contributed by atoms with Crippen LogP contribution < -0.4 is 15.0 Å². The van der Waals surface area contributed by atoms with Crippen molar-refractivity contribution in [2.24, 2.45) is 0 Å². The van der Waals surface area contributed by atoms with Crippen LogP contribution in [-0.2, 0) is 4.79 Å². The number of aromatic nitrogens is 1. The van der Waals surface area contributed by atoms with Gasteiger partial charge in [0.2, 0.25) is 0 Å². The lowest BCUT2D eigenvalue weighted by molar-refractivity contribution is -0.126. The van der Waals surface area contributed by atoms with Gasteiger partial charge in [-0.3, -0.25) is 14.2 Å². The van der Waals surface area contributed by atoms with Crippen LogP contribution in [0.1, 0.15) is 24.8 Å². The van der Waals surface area contributed by atoms with Crippen LogP contribution in [0.15, 0.2) is 47.4 Å². The fourth-order valence-corrected chi connectivity index (χ4v) is 3.19. The normalized spacial score (nSPS) is 14.7. The Kier molecular flexibility index (Phi) is 5.96. The maximum atomic E-state index is 13.2. The summed E-state index contributed by atoms with van der Waals surface area (Å²) in [5.41, 5.74) is 0.795. The van der Waals surface area contributed by atoms with Crippen molar-refractivity contribution in [3.63, 3.8) is 0 Å². The zero-order chi connectivity index (χ0) is 19.2. The highest BCUT2D eigenvalue weighted by Gasteiger charge is 2.22. The molecule has 1 aromatic carbocycles. The molecule has 6 heteroatoms. The number of likely N-dealkylation sites (tertiary alicyclic amines) is 1. The van der Waals surface area contributed by atoms with Crippen LogP contribution in [0, 0.1) is 0 Å². The standard InChI is InChI=1S/C21H24N2O4/c1-26-17-12-16(13-18(15-17)27-2)14-19(23-11-7-4-8-20(23)24)21(25)22-9-5-3-6-10-22/h4,7-8,11-15H,3,5-6,9-10H2,1-2H3/b19-14-. The molecule has 0 aliphatic carbocycles. The summed E-state index contributed by atoms with van der Waals surface area (Å²) >= 11 is 0. The van der Waals surface area contributed by atoms with Gasteiger partial charge in [-0.2, -0.15) is 0 Å². The van der Waals surface area contributed by atoms with E-state index in [0.29, 0.717) is 30.3 Å². The summed E-state index contributed by atoms with van der Waals surface area (Å²) in [4.78, 5) is 27.4. The topological polar surface area (TPSA) is 60.8 Å². The van der Waals surface area contributed by atoms with Crippen molar-refractivity contribution in [3.05, 3.63) is 58.5 Å². The molecule has 1 aliphatic heterocycles. The van der Waals surface area contributed by atoms with Gasteiger partial charge in [0.25, 0.3) is 11.5 Å². The molecule has 0 saturated carbocycles. The first-order valence-corrected chi connectivity index (χ1v) is 9.04. The molecule has 0 atom stereocenters. The molecule has 27 heavy (non-hydrogen) atoms. The van der Waals surface area contributed by atoms with Gasteiger partial charge in [0.1, 0.15) is 17.2 Å². The molecule has 142 valence electrons. The minimum absolute atomic E-state index is 0.148. The van der Waals surface area contributed by atoms with Crippen molar-refractivity contribution in [1.29, 1.82) is 0 Å². The van der Waals surface area contributed by atoms with E-state index in [1.807, 2.05) is 4.90 Å². The van der Waals surface area contributed by atoms with Gasteiger partial charge in [0, 0.05) is 31.4 Å². The summed E-state index contributed by atoms with van der Waals surface area (Å²) < 4.78 is 12.0. The van der Waals surface area contributed by atoms with Crippen molar-refractivity contribution in [1.82, 2.24) is 9.47 Å². The first kappa shape index (κ1) is 18.8. The lowest BCUT2D eigenvalue weighted by Gasteiger charge is -2.28. The largest absolute Gasteiger partial charge is 0.497 e. The van der Waals surface area contributed by atoms with Gasteiger partial charge in [-0.15, -0.1) is 0 Å². The van der Waals surface area contributed by atoms with Crippen LogP contribution in [0.3, 0.4) is 0 Å². The summed E-state index contributed by atoms with van der Waals surface area (Å²) in [6, 6.07) is 10.2. The minimum Gasteiger partial charge on any atom is -0.497 e. The number of hydrogen-bond acceptors (Lipinski definition) is 4. The monoisotopic (exact) mass is 368 g/mol. The van der Waals surface area contributed by atoms with E-state index in [1.165, 1.54) is 10.6 Å². The number of amides is 1. The number of benzene rings is 1. The van der Waals surface area contributed by atoms with Crippen molar-refractivity contribution >= 4 is 17.7 Å². The predicted octanol–water partition coefficient (Wildman–Crippen LogP) is 2.88. The SMILES string of the molecule is COc1cc(/C=C(/C(=O)N2CCCCC2)n2ccccc2=O)cc(OC)c1. The lowest BCUT2D eigenvalue weighted by Crippen LogP contribution is -2.38. The Hall–Kier alpha value is -3.02. The number of carbonyl (C=O) groups excluding carboxylic acids is 1. The number of pyridine rings is 1. The molecule has 1 aliphatic rings. The molecule has 0 radical (unpaired) electrons. The highest BCUT2D eigenvalue weighted by Crippen LogP contribution is 2.25. The number of piperidine rings is 1. The predicted molar refractivity (Wildman–Crippen MR) is 105 cm³/mol. The Bertz CT molecular complexity index is 873. The van der Waals surface area contributed by atoms with Crippen LogP contribution in [-0.4, -0.2) is 42.7 Å². The molecular weight excluding hydrogens is 344 g/mol. The molecule has 1 fully saturated rings. The number of ether oxygens (including phenoxy) is 2. The maximum absolute atomic E-state index is 13.2. The van der Waals surface area contributed by atoms with E-state index in [2.05, 4.69) is 0 Å². The molecule has 2 aromatic rings. The third-order valence-corrected chi connectivity index (χ3v) is 4.62. The number of rotatable bonds is 5. The number of carbonyl (C=O) groups is 1. The van der Waals surface area contributed by atoms with Crippen LogP contribution in [0.5, 0.6) is 11.5 Å². The molecule has 1 aromatic heterocycles. The second-order valence-electron chi connectivity index (χ2n) is 6.44. The molecule has 1 amide bonds. The average Bonchev–Trinajstić information content (AvgIpc) is 2.72. The molecule has 0 spiro atoms. The Balaban J connectivity index is 2.09. The van der Waals surface area contributed by atoms with E-state index >= 15 is 0 Å². The van der Waals surface area contributed by atoms with Gasteiger partial charge >= 0.3 is 0 Å². The smallest absolute Gasteiger partial charge is 0.270 e. The fourth-order valence-electron chi connectivity index (χ4n) is 3.19. The van der Waals surface area contributed by atoms with Gasteiger partial charge in [-0.25, -0.2) is 0 Å². The first-order valence-electron chi connectivity index (χ1n) is 9.04. The highest BCUT2D eigenvalue weighted by molar-refractivity contribution is 6.18. The van der Waals surface area contributed by atoms with Gasteiger partial charge in [-0.1, -0.05) is 6.07 Å². The van der Waals surface area contributed by atoms with E-state index in [4.69, 9.17) is 9.47 Å². The molecule has 2 heterocycles. The van der Waals surface area contributed by atoms with E-state index in [0.717, 1.165) is 24.8 Å². The highest BCUT2D eigenvalue weighted by atomic mass is 16.5. The number of methoxy groups -OCH3 is 2. The third kappa shape index (κ3) is 4.39. The van der Waals surface area contributed by atoms with Gasteiger partial charge in [0.05, 0.1) is 14.2 Å². The minimum atomic E-state index is -0.246. The van der Waals surface area contributed by atoms with Crippen molar-refractivity contribution in [3.8, 4) is 11.5 Å². The van der Waals surface area contributed by atoms with Crippen LogP contribution >= 0.6 is 0 Å². The summed E-state index contributed by atoms with van der Waals surface area (Å²) in [6.45, 7) is 1.42. The van der Waals surface area contributed by atoms with Crippen molar-refractivity contribution in [2.75, 3.05) is 27.3 Å². The second kappa shape index (κ2) is 8.58. The lowest BCUT2D eigenvalue weighted by atomic mass is 10.1. The summed E-state index contributed by atoms with van der Waals surface area (Å²) in [5, 5.41) is 0. The first-order chi connectivity index (χ1) is 13.1. The van der Waals surface area contributed by atoms with Gasteiger partial charge < -0.3 is 14.4 Å².